The molecule has 0 atom stereocenters. The highest BCUT2D eigenvalue weighted by Crippen LogP contribution is 2.23. The Morgan fingerprint density at radius 3 is 2.29 bits per heavy atom. The summed E-state index contributed by atoms with van der Waals surface area (Å²) in [5.41, 5.74) is -0.211. The number of carbonyl (C=O) groups excluding carboxylic acids is 1. The quantitative estimate of drug-likeness (QED) is 0.758. The first-order chi connectivity index (χ1) is 7.90. The van der Waals surface area contributed by atoms with Gasteiger partial charge in [-0.1, -0.05) is 13.8 Å². The molecule has 0 aromatic carbocycles. The second-order valence-corrected chi connectivity index (χ2v) is 5.40. The molecule has 0 aromatic rings. The van der Waals surface area contributed by atoms with Gasteiger partial charge in [-0.2, -0.15) is 0 Å². The topological polar surface area (TPSA) is 55.8 Å². The lowest BCUT2D eigenvalue weighted by molar-refractivity contribution is 0.0769. The van der Waals surface area contributed by atoms with Gasteiger partial charge in [-0.3, -0.25) is 0 Å². The first-order valence-electron chi connectivity index (χ1n) is 6.25. The minimum absolute atomic E-state index is 0.0566. The number of nitrogens with one attached hydrogen (secondary N) is 1. The summed E-state index contributed by atoms with van der Waals surface area (Å²) in [6, 6.07) is 0.402. The summed E-state index contributed by atoms with van der Waals surface area (Å²) in [6.07, 6.45) is 1.61. The lowest BCUT2D eigenvalue weighted by Crippen LogP contribution is -2.59. The van der Waals surface area contributed by atoms with Crippen LogP contribution in [0.4, 0.5) is 4.79 Å². The molecule has 1 aliphatic heterocycles. The molecule has 0 spiro atoms. The molecule has 2 amide bonds. The zero-order valence-corrected chi connectivity index (χ0v) is 11.4. The molecule has 5 nitrogen and oxygen atoms in total. The Balaban J connectivity index is 2.56. The number of hydrogen-bond donors (Lipinski definition) is 2. The van der Waals surface area contributed by atoms with Crippen molar-refractivity contribution >= 4 is 6.03 Å². The van der Waals surface area contributed by atoms with Gasteiger partial charge in [-0.25, -0.2) is 4.79 Å². The molecule has 0 saturated carbocycles. The highest BCUT2D eigenvalue weighted by atomic mass is 16.3. The molecule has 5 heteroatoms. The molecule has 0 unspecified atom stereocenters. The monoisotopic (exact) mass is 243 g/mol. The Morgan fingerprint density at radius 1 is 1.41 bits per heavy atom. The summed E-state index contributed by atoms with van der Waals surface area (Å²) in [5, 5.41) is 13.0. The predicted molar refractivity (Wildman–Crippen MR) is 68.0 cm³/mol. The second-order valence-electron chi connectivity index (χ2n) is 5.40. The molecule has 2 N–H and O–H groups in total. The molecule has 17 heavy (non-hydrogen) atoms. The fourth-order valence-corrected chi connectivity index (χ4v) is 2.37. The Labute approximate surface area is 104 Å². The Kier molecular flexibility index (Phi) is 4.77. The fraction of sp³-hybridized carbons (Fsp3) is 0.917. The number of nitrogens with zero attached hydrogens (tertiary/aromatic N) is 2. The molecule has 1 rings (SSSR count). The van der Waals surface area contributed by atoms with Crippen LogP contribution in [0.5, 0.6) is 0 Å². The molecule has 1 saturated heterocycles. The van der Waals surface area contributed by atoms with Gasteiger partial charge in [0.1, 0.15) is 0 Å². The average Bonchev–Trinajstić information content (AvgIpc) is 2.28. The van der Waals surface area contributed by atoms with Gasteiger partial charge in [0.25, 0.3) is 0 Å². The van der Waals surface area contributed by atoms with Crippen LogP contribution in [0, 0.1) is 0 Å². The summed E-state index contributed by atoms with van der Waals surface area (Å²) >= 11 is 0. The number of rotatable bonds is 3. The lowest BCUT2D eigenvalue weighted by atomic mass is 9.87. The number of aliphatic hydroxyl groups excluding tert-OH is 1. The minimum atomic E-state index is -0.211. The third-order valence-corrected chi connectivity index (χ3v) is 3.27. The normalized spacial score (nSPS) is 19.5. The second kappa shape index (κ2) is 5.69. The van der Waals surface area contributed by atoms with Crippen LogP contribution in [0.25, 0.3) is 0 Å². The molecule has 0 radical (unpaired) electrons. The average molecular weight is 243 g/mol. The van der Waals surface area contributed by atoms with E-state index < -0.39 is 0 Å². The van der Waals surface area contributed by atoms with E-state index in [4.69, 9.17) is 0 Å². The Bertz CT molecular complexity index is 258. The van der Waals surface area contributed by atoms with Crippen LogP contribution in [-0.2, 0) is 0 Å². The third-order valence-electron chi connectivity index (χ3n) is 3.27. The summed E-state index contributed by atoms with van der Waals surface area (Å²) in [6.45, 7) is 5.70. The molecule has 0 aliphatic carbocycles. The van der Waals surface area contributed by atoms with Crippen molar-refractivity contribution in [2.24, 2.45) is 0 Å². The van der Waals surface area contributed by atoms with Gasteiger partial charge >= 0.3 is 6.03 Å². The van der Waals surface area contributed by atoms with Gasteiger partial charge in [0.05, 0.1) is 6.61 Å². The third kappa shape index (κ3) is 3.57. The van der Waals surface area contributed by atoms with Crippen LogP contribution in [0.2, 0.25) is 0 Å². The van der Waals surface area contributed by atoms with Gasteiger partial charge in [-0.15, -0.1) is 0 Å². The highest BCUT2D eigenvalue weighted by molar-refractivity contribution is 5.73. The number of urea groups is 1. The molecular weight excluding hydrogens is 218 g/mol. The van der Waals surface area contributed by atoms with Crippen molar-refractivity contribution in [3.05, 3.63) is 0 Å². The van der Waals surface area contributed by atoms with Crippen LogP contribution in [0.3, 0.4) is 0 Å². The van der Waals surface area contributed by atoms with Crippen LogP contribution < -0.4 is 5.32 Å². The summed E-state index contributed by atoms with van der Waals surface area (Å²) < 4.78 is 0. The van der Waals surface area contributed by atoms with Crippen molar-refractivity contribution in [1.29, 1.82) is 0 Å². The SMILES string of the molecule is CC(C)NC1(CO)CCN(C(=O)N(C)C)CC1. The number of carbonyl (C=O) groups is 1. The molecule has 100 valence electrons. The summed E-state index contributed by atoms with van der Waals surface area (Å²) in [4.78, 5) is 15.2. The largest absolute Gasteiger partial charge is 0.394 e. The van der Waals surface area contributed by atoms with Crippen molar-refractivity contribution in [1.82, 2.24) is 15.1 Å². The van der Waals surface area contributed by atoms with Crippen LogP contribution in [-0.4, -0.2) is 66.3 Å². The fourth-order valence-electron chi connectivity index (χ4n) is 2.37. The standard InChI is InChI=1S/C12H25N3O2/c1-10(2)13-12(9-16)5-7-15(8-6-12)11(17)14(3)4/h10,13,16H,5-9H2,1-4H3. The number of amides is 2. The number of likely N-dealkylation sites (tertiary alicyclic amines) is 1. The molecule has 0 aromatic heterocycles. The van der Waals surface area contributed by atoms with Crippen molar-refractivity contribution in [3.8, 4) is 0 Å². The van der Waals surface area contributed by atoms with Gasteiger partial charge in [-0.05, 0) is 12.8 Å². The number of piperidine rings is 1. The van der Waals surface area contributed by atoms with E-state index in [1.165, 1.54) is 0 Å². The van der Waals surface area contributed by atoms with Crippen LogP contribution in [0.1, 0.15) is 26.7 Å². The number of hydrogen-bond acceptors (Lipinski definition) is 3. The zero-order valence-electron chi connectivity index (χ0n) is 11.4. The maximum atomic E-state index is 11.8. The van der Waals surface area contributed by atoms with E-state index in [0.29, 0.717) is 19.1 Å². The predicted octanol–water partition coefficient (Wildman–Crippen LogP) is 0.493. The van der Waals surface area contributed by atoms with E-state index in [-0.39, 0.29) is 18.2 Å². The van der Waals surface area contributed by atoms with Crippen molar-refractivity contribution in [2.45, 2.75) is 38.3 Å². The molecule has 1 heterocycles. The van der Waals surface area contributed by atoms with E-state index in [2.05, 4.69) is 19.2 Å². The van der Waals surface area contributed by atoms with Gasteiger partial charge in [0.15, 0.2) is 0 Å². The van der Waals surface area contributed by atoms with E-state index in [1.54, 1.807) is 19.0 Å². The maximum absolute atomic E-state index is 11.8. The van der Waals surface area contributed by atoms with Gasteiger partial charge in [0, 0.05) is 38.8 Å². The lowest BCUT2D eigenvalue weighted by Gasteiger charge is -2.43. The maximum Gasteiger partial charge on any atom is 0.319 e. The highest BCUT2D eigenvalue weighted by Gasteiger charge is 2.35. The first-order valence-corrected chi connectivity index (χ1v) is 6.25. The first kappa shape index (κ1) is 14.3. The number of aliphatic hydroxyl groups is 1. The zero-order chi connectivity index (χ0) is 13.1. The minimum Gasteiger partial charge on any atom is -0.394 e. The van der Waals surface area contributed by atoms with E-state index in [1.807, 2.05) is 4.90 Å². The van der Waals surface area contributed by atoms with E-state index >= 15 is 0 Å². The van der Waals surface area contributed by atoms with Crippen LogP contribution >= 0.6 is 0 Å². The molecular formula is C12H25N3O2. The summed E-state index contributed by atoms with van der Waals surface area (Å²) in [5.74, 6) is 0. The van der Waals surface area contributed by atoms with E-state index in [0.717, 1.165) is 12.8 Å². The van der Waals surface area contributed by atoms with Gasteiger partial charge < -0.3 is 20.2 Å². The van der Waals surface area contributed by atoms with Gasteiger partial charge in [0.2, 0.25) is 0 Å². The van der Waals surface area contributed by atoms with Crippen molar-refractivity contribution in [3.63, 3.8) is 0 Å². The molecule has 1 aliphatic rings. The Hall–Kier alpha value is -0.810. The van der Waals surface area contributed by atoms with Crippen LogP contribution in [0.15, 0.2) is 0 Å². The molecule has 0 bridgehead atoms. The Morgan fingerprint density at radius 2 is 1.94 bits per heavy atom. The summed E-state index contributed by atoms with van der Waals surface area (Å²) in [7, 11) is 3.53. The smallest absolute Gasteiger partial charge is 0.319 e. The van der Waals surface area contributed by atoms with Crippen molar-refractivity contribution < 1.29 is 9.90 Å². The van der Waals surface area contributed by atoms with Crippen molar-refractivity contribution in [2.75, 3.05) is 33.8 Å². The molecule has 1 fully saturated rings. The van der Waals surface area contributed by atoms with E-state index in [9.17, 15) is 9.90 Å².